The van der Waals surface area contributed by atoms with E-state index in [0.717, 1.165) is 17.1 Å². The number of benzene rings is 1. The molecule has 6 heteroatoms. The first kappa shape index (κ1) is 14.5. The number of hydrogen-bond acceptors (Lipinski definition) is 4. The summed E-state index contributed by atoms with van der Waals surface area (Å²) in [6, 6.07) is 18.9. The van der Waals surface area contributed by atoms with Crippen molar-refractivity contribution in [1.29, 1.82) is 0 Å². The number of aromatic nitrogens is 5. The van der Waals surface area contributed by atoms with Crippen molar-refractivity contribution in [2.24, 2.45) is 0 Å². The van der Waals surface area contributed by atoms with Crippen LogP contribution in [0.1, 0.15) is 0 Å². The van der Waals surface area contributed by atoms with Gasteiger partial charge in [0, 0.05) is 23.1 Å². The zero-order chi connectivity index (χ0) is 16.4. The van der Waals surface area contributed by atoms with Crippen LogP contribution in [-0.2, 0) is 0 Å². The Kier molecular flexibility index (Phi) is 3.76. The van der Waals surface area contributed by atoms with Crippen LogP contribution in [-0.4, -0.2) is 24.7 Å². The summed E-state index contributed by atoms with van der Waals surface area (Å²) in [4.78, 5) is 8.78. The summed E-state index contributed by atoms with van der Waals surface area (Å²) >= 11 is 6.02. The van der Waals surface area contributed by atoms with E-state index in [4.69, 9.17) is 11.6 Å². The van der Waals surface area contributed by atoms with Crippen LogP contribution < -0.4 is 0 Å². The van der Waals surface area contributed by atoms with Gasteiger partial charge in [-0.05, 0) is 48.5 Å². The summed E-state index contributed by atoms with van der Waals surface area (Å²) in [6.07, 6.45) is 3.47. The third-order valence-corrected chi connectivity index (χ3v) is 3.79. The lowest BCUT2D eigenvalue weighted by Crippen LogP contribution is -2.01. The average Bonchev–Trinajstić information content (AvgIpc) is 3.09. The van der Waals surface area contributed by atoms with Gasteiger partial charge in [0.1, 0.15) is 11.4 Å². The minimum Gasteiger partial charge on any atom is -0.272 e. The maximum Gasteiger partial charge on any atom is 0.187 e. The summed E-state index contributed by atoms with van der Waals surface area (Å²) in [5.74, 6) is 1.30. The monoisotopic (exact) mass is 333 g/mol. The van der Waals surface area contributed by atoms with Gasteiger partial charge >= 0.3 is 0 Å². The highest BCUT2D eigenvalue weighted by molar-refractivity contribution is 6.30. The van der Waals surface area contributed by atoms with Gasteiger partial charge in [0.2, 0.25) is 0 Å². The molecule has 0 N–H and O–H groups in total. The molecule has 0 amide bonds. The van der Waals surface area contributed by atoms with Gasteiger partial charge in [-0.1, -0.05) is 23.7 Å². The van der Waals surface area contributed by atoms with Gasteiger partial charge in [-0.3, -0.25) is 14.5 Å². The Morgan fingerprint density at radius 3 is 1.67 bits per heavy atom. The van der Waals surface area contributed by atoms with Crippen molar-refractivity contribution in [3.8, 4) is 28.7 Å². The first-order valence-corrected chi connectivity index (χ1v) is 7.75. The molecule has 4 aromatic rings. The van der Waals surface area contributed by atoms with Crippen LogP contribution in [0, 0.1) is 0 Å². The van der Waals surface area contributed by atoms with E-state index in [9.17, 15) is 0 Å². The molecule has 1 aromatic carbocycles. The van der Waals surface area contributed by atoms with Crippen molar-refractivity contribution in [3.05, 3.63) is 78.1 Å². The summed E-state index contributed by atoms with van der Waals surface area (Å²) in [5.41, 5.74) is 2.37. The quantitative estimate of drug-likeness (QED) is 0.567. The molecular formula is C18H12ClN5. The smallest absolute Gasteiger partial charge is 0.187 e. The van der Waals surface area contributed by atoms with Gasteiger partial charge in [0.15, 0.2) is 11.6 Å². The predicted molar refractivity (Wildman–Crippen MR) is 92.8 cm³/mol. The fraction of sp³-hybridized carbons (Fsp3) is 0. The topological polar surface area (TPSA) is 56.5 Å². The molecular weight excluding hydrogens is 322 g/mol. The fourth-order valence-electron chi connectivity index (χ4n) is 2.44. The summed E-state index contributed by atoms with van der Waals surface area (Å²) < 4.78 is 1.93. The number of rotatable bonds is 3. The molecule has 24 heavy (non-hydrogen) atoms. The second-order valence-corrected chi connectivity index (χ2v) is 5.53. The van der Waals surface area contributed by atoms with E-state index in [0.29, 0.717) is 16.7 Å². The Balaban J connectivity index is 1.96. The maximum absolute atomic E-state index is 6.02. The minimum atomic E-state index is 0.651. The van der Waals surface area contributed by atoms with E-state index >= 15 is 0 Å². The van der Waals surface area contributed by atoms with Gasteiger partial charge in [-0.25, -0.2) is 0 Å². The van der Waals surface area contributed by atoms with Crippen LogP contribution >= 0.6 is 11.6 Å². The van der Waals surface area contributed by atoms with E-state index in [2.05, 4.69) is 20.2 Å². The van der Waals surface area contributed by atoms with E-state index in [1.54, 1.807) is 12.4 Å². The molecule has 0 atom stereocenters. The molecule has 0 saturated heterocycles. The van der Waals surface area contributed by atoms with Crippen molar-refractivity contribution in [2.45, 2.75) is 0 Å². The van der Waals surface area contributed by atoms with Crippen LogP contribution in [0.4, 0.5) is 0 Å². The van der Waals surface area contributed by atoms with Crippen LogP contribution in [0.3, 0.4) is 0 Å². The average molecular weight is 334 g/mol. The lowest BCUT2D eigenvalue weighted by Gasteiger charge is -2.10. The molecule has 0 aliphatic rings. The SMILES string of the molecule is Clc1ccc(-n2c(-c3ccccn3)nnc2-c2ccccn2)cc1. The molecule has 4 rings (SSSR count). The first-order chi connectivity index (χ1) is 11.8. The lowest BCUT2D eigenvalue weighted by atomic mass is 10.2. The van der Waals surface area contributed by atoms with Crippen molar-refractivity contribution in [1.82, 2.24) is 24.7 Å². The zero-order valence-corrected chi connectivity index (χ0v) is 13.3. The van der Waals surface area contributed by atoms with E-state index in [1.807, 2.05) is 65.2 Å². The highest BCUT2D eigenvalue weighted by Gasteiger charge is 2.18. The molecule has 0 bridgehead atoms. The Hall–Kier alpha value is -3.05. The number of hydrogen-bond donors (Lipinski definition) is 0. The van der Waals surface area contributed by atoms with E-state index < -0.39 is 0 Å². The van der Waals surface area contributed by atoms with Gasteiger partial charge in [0.25, 0.3) is 0 Å². The second-order valence-electron chi connectivity index (χ2n) is 5.09. The Bertz CT molecular complexity index is 893. The Morgan fingerprint density at radius 2 is 1.21 bits per heavy atom. The minimum absolute atomic E-state index is 0.651. The zero-order valence-electron chi connectivity index (χ0n) is 12.5. The van der Waals surface area contributed by atoms with Crippen LogP contribution in [0.5, 0.6) is 0 Å². The Labute approximate surface area is 143 Å². The standard InChI is InChI=1S/C18H12ClN5/c19-13-7-9-14(10-8-13)24-17(15-5-1-3-11-20-15)22-23-18(24)16-6-2-4-12-21-16/h1-12H. The third-order valence-electron chi connectivity index (χ3n) is 3.54. The molecule has 3 aromatic heterocycles. The first-order valence-electron chi connectivity index (χ1n) is 7.37. The largest absolute Gasteiger partial charge is 0.272 e. The summed E-state index contributed by atoms with van der Waals surface area (Å²) in [7, 11) is 0. The predicted octanol–water partition coefficient (Wildman–Crippen LogP) is 4.04. The van der Waals surface area contributed by atoms with Gasteiger partial charge in [-0.15, -0.1) is 10.2 Å². The van der Waals surface area contributed by atoms with Crippen LogP contribution in [0.15, 0.2) is 73.1 Å². The van der Waals surface area contributed by atoms with E-state index in [-0.39, 0.29) is 0 Å². The van der Waals surface area contributed by atoms with Crippen molar-refractivity contribution < 1.29 is 0 Å². The highest BCUT2D eigenvalue weighted by Crippen LogP contribution is 2.27. The normalized spacial score (nSPS) is 10.7. The van der Waals surface area contributed by atoms with Crippen molar-refractivity contribution in [3.63, 3.8) is 0 Å². The van der Waals surface area contributed by atoms with Crippen molar-refractivity contribution in [2.75, 3.05) is 0 Å². The van der Waals surface area contributed by atoms with Gasteiger partial charge in [-0.2, -0.15) is 0 Å². The molecule has 116 valence electrons. The van der Waals surface area contributed by atoms with Crippen molar-refractivity contribution >= 4 is 11.6 Å². The van der Waals surface area contributed by atoms with Gasteiger partial charge < -0.3 is 0 Å². The maximum atomic E-state index is 6.02. The number of pyridine rings is 2. The lowest BCUT2D eigenvalue weighted by molar-refractivity contribution is 1.05. The molecule has 0 spiro atoms. The molecule has 0 radical (unpaired) electrons. The molecule has 0 saturated carbocycles. The molecule has 5 nitrogen and oxygen atoms in total. The molecule has 0 aliphatic carbocycles. The number of nitrogens with zero attached hydrogens (tertiary/aromatic N) is 5. The molecule has 3 heterocycles. The summed E-state index contributed by atoms with van der Waals surface area (Å²) in [6.45, 7) is 0. The second kappa shape index (κ2) is 6.22. The summed E-state index contributed by atoms with van der Waals surface area (Å²) in [5, 5.41) is 9.35. The van der Waals surface area contributed by atoms with E-state index in [1.165, 1.54) is 0 Å². The molecule has 0 aliphatic heterocycles. The van der Waals surface area contributed by atoms with Crippen LogP contribution in [0.2, 0.25) is 5.02 Å². The third kappa shape index (κ3) is 2.66. The Morgan fingerprint density at radius 1 is 0.667 bits per heavy atom. The fourth-order valence-corrected chi connectivity index (χ4v) is 2.57. The highest BCUT2D eigenvalue weighted by atomic mass is 35.5. The van der Waals surface area contributed by atoms with Gasteiger partial charge in [0.05, 0.1) is 0 Å². The van der Waals surface area contributed by atoms with Crippen LogP contribution in [0.25, 0.3) is 28.7 Å². The number of halogens is 1. The molecule has 0 fully saturated rings. The molecule has 0 unspecified atom stereocenters.